The quantitative estimate of drug-likeness (QED) is 0.874. The minimum atomic E-state index is -4.31. The topological polar surface area (TPSA) is 24.5 Å². The number of benzene rings is 2. The van der Waals surface area contributed by atoms with Crippen molar-refractivity contribution in [3.63, 3.8) is 0 Å². The molecule has 25 heavy (non-hydrogen) atoms. The molecule has 1 N–H and O–H groups in total. The normalized spacial score (nSPS) is 14.8. The highest BCUT2D eigenvalue weighted by atomic mass is 35.5. The third-order valence-electron chi connectivity index (χ3n) is 4.01. The Morgan fingerprint density at radius 3 is 2.08 bits per heavy atom. The summed E-state index contributed by atoms with van der Waals surface area (Å²) in [6.45, 7) is 4.15. The number of nitrogens with zero attached hydrogens (tertiary/aromatic N) is 1. The maximum Gasteiger partial charge on any atom is 0.416 e. The van der Waals surface area contributed by atoms with Gasteiger partial charge in [-0.15, -0.1) is 12.4 Å². The molecule has 0 aliphatic carbocycles. The lowest BCUT2D eigenvalue weighted by atomic mass is 10.1. The first kappa shape index (κ1) is 19.4. The monoisotopic (exact) mass is 372 g/mol. The average molecular weight is 373 g/mol. The van der Waals surface area contributed by atoms with E-state index in [1.807, 2.05) is 24.3 Å². The van der Waals surface area contributed by atoms with Crippen molar-refractivity contribution in [2.45, 2.75) is 12.8 Å². The van der Waals surface area contributed by atoms with Crippen molar-refractivity contribution >= 4 is 18.1 Å². The van der Waals surface area contributed by atoms with Crippen LogP contribution in [0.5, 0.6) is 5.75 Å². The minimum absolute atomic E-state index is 0. The van der Waals surface area contributed by atoms with E-state index in [2.05, 4.69) is 10.2 Å². The summed E-state index contributed by atoms with van der Waals surface area (Å²) in [6, 6.07) is 12.8. The van der Waals surface area contributed by atoms with Gasteiger partial charge in [-0.1, -0.05) is 12.1 Å². The summed E-state index contributed by atoms with van der Waals surface area (Å²) in [5.41, 5.74) is 1.21. The fourth-order valence-corrected chi connectivity index (χ4v) is 2.63. The average Bonchev–Trinajstić information content (AvgIpc) is 2.61. The SMILES string of the molecule is Cl.FC(F)(F)c1ccc(COc2ccc(N3CCNCC3)cc2)cc1. The molecular weight excluding hydrogens is 353 g/mol. The molecule has 136 valence electrons. The molecule has 0 unspecified atom stereocenters. The molecule has 1 aliphatic heterocycles. The molecule has 1 heterocycles. The maximum atomic E-state index is 12.5. The molecule has 2 aromatic rings. The molecule has 0 saturated carbocycles. The molecule has 1 aliphatic rings. The summed E-state index contributed by atoms with van der Waals surface area (Å²) in [7, 11) is 0. The van der Waals surface area contributed by atoms with Gasteiger partial charge >= 0.3 is 6.18 Å². The van der Waals surface area contributed by atoms with Crippen LogP contribution in [0.1, 0.15) is 11.1 Å². The van der Waals surface area contributed by atoms with Gasteiger partial charge in [0.15, 0.2) is 0 Å². The van der Waals surface area contributed by atoms with Crippen LogP contribution < -0.4 is 15.0 Å². The molecule has 3 nitrogen and oxygen atoms in total. The van der Waals surface area contributed by atoms with Gasteiger partial charge in [-0.05, 0) is 42.0 Å². The van der Waals surface area contributed by atoms with E-state index >= 15 is 0 Å². The Bertz CT molecular complexity index is 654. The zero-order valence-electron chi connectivity index (χ0n) is 13.6. The highest BCUT2D eigenvalue weighted by Gasteiger charge is 2.29. The lowest BCUT2D eigenvalue weighted by Crippen LogP contribution is -2.43. The molecule has 1 saturated heterocycles. The van der Waals surface area contributed by atoms with Crippen molar-refractivity contribution in [3.05, 3.63) is 59.7 Å². The van der Waals surface area contributed by atoms with Crippen LogP contribution in [0.25, 0.3) is 0 Å². The Labute approximate surface area is 151 Å². The maximum absolute atomic E-state index is 12.5. The Balaban J connectivity index is 0.00000225. The first-order valence-corrected chi connectivity index (χ1v) is 7.87. The highest BCUT2D eigenvalue weighted by Crippen LogP contribution is 2.29. The van der Waals surface area contributed by atoms with Crippen LogP contribution in [-0.2, 0) is 12.8 Å². The van der Waals surface area contributed by atoms with Crippen molar-refractivity contribution in [3.8, 4) is 5.75 Å². The van der Waals surface area contributed by atoms with Crippen LogP contribution in [0.2, 0.25) is 0 Å². The number of rotatable bonds is 4. The second-order valence-corrected chi connectivity index (χ2v) is 5.71. The van der Waals surface area contributed by atoms with E-state index < -0.39 is 11.7 Å². The number of nitrogens with one attached hydrogen (secondary N) is 1. The van der Waals surface area contributed by atoms with E-state index in [0.717, 1.165) is 44.0 Å². The Morgan fingerprint density at radius 1 is 0.920 bits per heavy atom. The van der Waals surface area contributed by atoms with Crippen LogP contribution in [0, 0.1) is 0 Å². The predicted molar refractivity (Wildman–Crippen MR) is 94.5 cm³/mol. The van der Waals surface area contributed by atoms with Gasteiger partial charge in [0, 0.05) is 31.9 Å². The van der Waals surface area contributed by atoms with Crippen molar-refractivity contribution < 1.29 is 17.9 Å². The van der Waals surface area contributed by atoms with Gasteiger partial charge in [-0.3, -0.25) is 0 Å². The molecule has 0 spiro atoms. The van der Waals surface area contributed by atoms with Gasteiger partial charge < -0.3 is 15.0 Å². The van der Waals surface area contributed by atoms with E-state index in [1.165, 1.54) is 12.1 Å². The Kier molecular flexibility index (Phi) is 6.56. The molecule has 7 heteroatoms. The number of hydrogen-bond donors (Lipinski definition) is 1. The number of anilines is 1. The third-order valence-corrected chi connectivity index (χ3v) is 4.01. The fraction of sp³-hybridized carbons (Fsp3) is 0.333. The molecule has 0 atom stereocenters. The van der Waals surface area contributed by atoms with Crippen molar-refractivity contribution in [2.24, 2.45) is 0 Å². The van der Waals surface area contributed by atoms with Gasteiger partial charge in [0.1, 0.15) is 12.4 Å². The summed E-state index contributed by atoms with van der Waals surface area (Å²) in [6.07, 6.45) is -4.31. The van der Waals surface area contributed by atoms with Crippen LogP contribution in [0.4, 0.5) is 18.9 Å². The number of alkyl halides is 3. The second-order valence-electron chi connectivity index (χ2n) is 5.71. The summed E-state index contributed by atoms with van der Waals surface area (Å²) >= 11 is 0. The van der Waals surface area contributed by atoms with E-state index in [9.17, 15) is 13.2 Å². The largest absolute Gasteiger partial charge is 0.489 e. The first-order chi connectivity index (χ1) is 11.5. The fourth-order valence-electron chi connectivity index (χ4n) is 2.63. The van der Waals surface area contributed by atoms with E-state index in [-0.39, 0.29) is 19.0 Å². The van der Waals surface area contributed by atoms with E-state index in [4.69, 9.17) is 4.74 Å². The first-order valence-electron chi connectivity index (χ1n) is 7.87. The smallest absolute Gasteiger partial charge is 0.416 e. The van der Waals surface area contributed by atoms with Gasteiger partial charge in [-0.2, -0.15) is 13.2 Å². The highest BCUT2D eigenvalue weighted by molar-refractivity contribution is 5.85. The zero-order chi connectivity index (χ0) is 17.0. The summed E-state index contributed by atoms with van der Waals surface area (Å²) in [5, 5.41) is 3.31. The lowest BCUT2D eigenvalue weighted by molar-refractivity contribution is -0.137. The molecule has 3 rings (SSSR count). The summed E-state index contributed by atoms with van der Waals surface area (Å²) in [5.74, 6) is 0.703. The Hall–Kier alpha value is -1.92. The standard InChI is InChI=1S/C18H19F3N2O.ClH/c19-18(20,21)15-3-1-14(2-4-15)13-24-17-7-5-16(6-8-17)23-11-9-22-10-12-23;/h1-8,22H,9-13H2;1H. The van der Waals surface area contributed by atoms with Gasteiger partial charge in [0.05, 0.1) is 5.56 Å². The molecule has 0 bridgehead atoms. The molecular formula is C18H20ClF3N2O. The van der Waals surface area contributed by atoms with E-state index in [1.54, 1.807) is 0 Å². The summed E-state index contributed by atoms with van der Waals surface area (Å²) < 4.78 is 43.2. The lowest BCUT2D eigenvalue weighted by Gasteiger charge is -2.29. The van der Waals surface area contributed by atoms with Crippen LogP contribution in [0.15, 0.2) is 48.5 Å². The Morgan fingerprint density at radius 2 is 1.52 bits per heavy atom. The molecule has 2 aromatic carbocycles. The predicted octanol–water partition coefficient (Wildman–Crippen LogP) is 4.12. The zero-order valence-corrected chi connectivity index (χ0v) is 14.4. The van der Waals surface area contributed by atoms with Gasteiger partial charge in [0.2, 0.25) is 0 Å². The van der Waals surface area contributed by atoms with Gasteiger partial charge in [0.25, 0.3) is 0 Å². The molecule has 0 aromatic heterocycles. The number of piperazine rings is 1. The van der Waals surface area contributed by atoms with Crippen molar-refractivity contribution in [2.75, 3.05) is 31.1 Å². The number of ether oxygens (including phenoxy) is 1. The van der Waals surface area contributed by atoms with Crippen LogP contribution in [0.3, 0.4) is 0 Å². The molecule has 1 fully saturated rings. The van der Waals surface area contributed by atoms with Crippen LogP contribution >= 0.6 is 12.4 Å². The van der Waals surface area contributed by atoms with E-state index in [0.29, 0.717) is 11.3 Å². The second kappa shape index (κ2) is 8.45. The van der Waals surface area contributed by atoms with Gasteiger partial charge in [-0.25, -0.2) is 0 Å². The third kappa shape index (κ3) is 5.28. The van der Waals surface area contributed by atoms with Crippen molar-refractivity contribution in [1.82, 2.24) is 5.32 Å². The minimum Gasteiger partial charge on any atom is -0.489 e. The number of hydrogen-bond acceptors (Lipinski definition) is 3. The summed E-state index contributed by atoms with van der Waals surface area (Å²) in [4.78, 5) is 2.30. The van der Waals surface area contributed by atoms with Crippen molar-refractivity contribution in [1.29, 1.82) is 0 Å². The number of halogens is 4. The van der Waals surface area contributed by atoms with Crippen LogP contribution in [-0.4, -0.2) is 26.2 Å². The molecule has 0 radical (unpaired) electrons. The molecule has 0 amide bonds.